The van der Waals surface area contributed by atoms with Gasteiger partial charge in [-0.15, -0.1) is 0 Å². The topological polar surface area (TPSA) is 41.5 Å². The van der Waals surface area contributed by atoms with Gasteiger partial charge < -0.3 is 15.2 Å². The maximum atomic E-state index is 10.3. The van der Waals surface area contributed by atoms with Gasteiger partial charge in [-0.1, -0.05) is 19.8 Å². The average Bonchev–Trinajstić information content (AvgIpc) is 2.55. The molecule has 2 unspecified atom stereocenters. The molecule has 84 valence electrons. The Balaban J connectivity index is 2.26. The minimum atomic E-state index is -0.456. The van der Waals surface area contributed by atoms with Crippen molar-refractivity contribution in [2.75, 3.05) is 26.8 Å². The Kier molecular flexibility index (Phi) is 4.85. The van der Waals surface area contributed by atoms with Crippen LogP contribution in [0.4, 0.5) is 0 Å². The molecule has 2 N–H and O–H groups in total. The number of aliphatic hydroxyl groups is 1. The number of ether oxygens (including phenoxy) is 1. The van der Waals surface area contributed by atoms with Crippen LogP contribution in [0.3, 0.4) is 0 Å². The molecule has 0 aromatic heterocycles. The Morgan fingerprint density at radius 1 is 1.57 bits per heavy atom. The molecule has 0 heterocycles. The van der Waals surface area contributed by atoms with Gasteiger partial charge in [-0.05, 0) is 18.8 Å². The molecule has 0 bridgehead atoms. The van der Waals surface area contributed by atoms with Crippen molar-refractivity contribution in [1.82, 2.24) is 5.32 Å². The number of rotatable bonds is 6. The van der Waals surface area contributed by atoms with Crippen LogP contribution in [-0.2, 0) is 4.74 Å². The Bertz CT molecular complexity index is 163. The smallest absolute Gasteiger partial charge is 0.0799 e. The molecule has 0 aromatic carbocycles. The zero-order chi connectivity index (χ0) is 10.4. The fourth-order valence-electron chi connectivity index (χ4n) is 2.42. The van der Waals surface area contributed by atoms with Gasteiger partial charge in [0.1, 0.15) is 0 Å². The fraction of sp³-hybridized carbons (Fsp3) is 1.00. The van der Waals surface area contributed by atoms with Crippen molar-refractivity contribution in [1.29, 1.82) is 0 Å². The first-order valence-corrected chi connectivity index (χ1v) is 5.65. The maximum Gasteiger partial charge on any atom is 0.0799 e. The SMILES string of the molecule is CCC1CCCC1(O)CNCCOC. The van der Waals surface area contributed by atoms with Gasteiger partial charge in [0.15, 0.2) is 0 Å². The molecule has 0 saturated heterocycles. The second-order valence-electron chi connectivity index (χ2n) is 4.27. The summed E-state index contributed by atoms with van der Waals surface area (Å²) in [6, 6.07) is 0. The molecule has 0 aromatic rings. The van der Waals surface area contributed by atoms with E-state index >= 15 is 0 Å². The summed E-state index contributed by atoms with van der Waals surface area (Å²) in [6.07, 6.45) is 4.38. The van der Waals surface area contributed by atoms with Crippen molar-refractivity contribution in [2.45, 2.75) is 38.2 Å². The lowest BCUT2D eigenvalue weighted by Crippen LogP contribution is -2.44. The van der Waals surface area contributed by atoms with E-state index < -0.39 is 5.60 Å². The van der Waals surface area contributed by atoms with Gasteiger partial charge in [-0.3, -0.25) is 0 Å². The monoisotopic (exact) mass is 201 g/mol. The summed E-state index contributed by atoms with van der Waals surface area (Å²) >= 11 is 0. The fourth-order valence-corrected chi connectivity index (χ4v) is 2.42. The second-order valence-corrected chi connectivity index (χ2v) is 4.27. The standard InChI is InChI=1S/C11H23NO2/c1-3-10-5-4-6-11(10,13)9-12-7-8-14-2/h10,12-13H,3-9H2,1-2H3. The Hall–Kier alpha value is -0.120. The summed E-state index contributed by atoms with van der Waals surface area (Å²) in [6.45, 7) is 4.42. The zero-order valence-corrected chi connectivity index (χ0v) is 9.38. The first-order chi connectivity index (χ1) is 6.73. The molecular formula is C11H23NO2. The molecular weight excluding hydrogens is 178 g/mol. The molecule has 3 heteroatoms. The first-order valence-electron chi connectivity index (χ1n) is 5.65. The quantitative estimate of drug-likeness (QED) is 0.634. The lowest BCUT2D eigenvalue weighted by atomic mass is 9.89. The predicted molar refractivity (Wildman–Crippen MR) is 57.3 cm³/mol. The third kappa shape index (κ3) is 2.94. The van der Waals surface area contributed by atoms with Gasteiger partial charge in [-0.25, -0.2) is 0 Å². The van der Waals surface area contributed by atoms with Crippen LogP contribution in [0, 0.1) is 5.92 Å². The number of hydrogen-bond donors (Lipinski definition) is 2. The van der Waals surface area contributed by atoms with Gasteiger partial charge in [0.2, 0.25) is 0 Å². The molecule has 1 aliphatic rings. The lowest BCUT2D eigenvalue weighted by Gasteiger charge is -2.29. The van der Waals surface area contributed by atoms with E-state index in [9.17, 15) is 5.11 Å². The number of nitrogens with one attached hydrogen (secondary N) is 1. The van der Waals surface area contributed by atoms with Crippen LogP contribution in [0.5, 0.6) is 0 Å². The highest BCUT2D eigenvalue weighted by molar-refractivity contribution is 4.93. The molecule has 3 nitrogen and oxygen atoms in total. The normalized spacial score (nSPS) is 32.4. The van der Waals surface area contributed by atoms with Crippen molar-refractivity contribution in [3.63, 3.8) is 0 Å². The zero-order valence-electron chi connectivity index (χ0n) is 9.38. The molecule has 0 amide bonds. The molecule has 1 saturated carbocycles. The van der Waals surface area contributed by atoms with Gasteiger partial charge in [0.25, 0.3) is 0 Å². The van der Waals surface area contributed by atoms with Crippen LogP contribution in [0.15, 0.2) is 0 Å². The van der Waals surface area contributed by atoms with Crippen molar-refractivity contribution < 1.29 is 9.84 Å². The van der Waals surface area contributed by atoms with Crippen molar-refractivity contribution >= 4 is 0 Å². The van der Waals surface area contributed by atoms with Crippen LogP contribution in [0.25, 0.3) is 0 Å². The summed E-state index contributed by atoms with van der Waals surface area (Å²) in [4.78, 5) is 0. The van der Waals surface area contributed by atoms with E-state index in [1.54, 1.807) is 7.11 Å². The first kappa shape index (κ1) is 12.0. The Morgan fingerprint density at radius 2 is 2.36 bits per heavy atom. The van der Waals surface area contributed by atoms with E-state index in [0.29, 0.717) is 12.5 Å². The van der Waals surface area contributed by atoms with E-state index in [2.05, 4.69) is 12.2 Å². The van der Waals surface area contributed by atoms with Gasteiger partial charge >= 0.3 is 0 Å². The molecule has 1 fully saturated rings. The molecule has 1 aliphatic carbocycles. The van der Waals surface area contributed by atoms with Crippen LogP contribution < -0.4 is 5.32 Å². The molecule has 0 spiro atoms. The van der Waals surface area contributed by atoms with Crippen LogP contribution in [-0.4, -0.2) is 37.5 Å². The Morgan fingerprint density at radius 3 is 3.00 bits per heavy atom. The summed E-state index contributed by atoms with van der Waals surface area (Å²) in [5.74, 6) is 0.484. The molecule has 0 radical (unpaired) electrons. The molecule has 1 rings (SSSR count). The van der Waals surface area contributed by atoms with E-state index in [4.69, 9.17) is 4.74 Å². The van der Waals surface area contributed by atoms with Crippen molar-refractivity contribution in [3.05, 3.63) is 0 Å². The molecule has 14 heavy (non-hydrogen) atoms. The maximum absolute atomic E-state index is 10.3. The third-order valence-electron chi connectivity index (χ3n) is 3.33. The largest absolute Gasteiger partial charge is 0.388 e. The van der Waals surface area contributed by atoms with E-state index in [1.165, 1.54) is 12.8 Å². The predicted octanol–water partition coefficient (Wildman–Crippen LogP) is 1.16. The van der Waals surface area contributed by atoms with E-state index in [0.717, 1.165) is 25.9 Å². The summed E-state index contributed by atoms with van der Waals surface area (Å²) in [7, 11) is 1.70. The summed E-state index contributed by atoms with van der Waals surface area (Å²) < 4.78 is 4.95. The van der Waals surface area contributed by atoms with E-state index in [-0.39, 0.29) is 0 Å². The van der Waals surface area contributed by atoms with Crippen LogP contribution >= 0.6 is 0 Å². The van der Waals surface area contributed by atoms with Gasteiger partial charge in [0.05, 0.1) is 12.2 Å². The van der Waals surface area contributed by atoms with Crippen molar-refractivity contribution in [2.24, 2.45) is 5.92 Å². The van der Waals surface area contributed by atoms with Crippen LogP contribution in [0.2, 0.25) is 0 Å². The van der Waals surface area contributed by atoms with Gasteiger partial charge in [0, 0.05) is 20.2 Å². The lowest BCUT2D eigenvalue weighted by molar-refractivity contribution is 0.00104. The number of hydrogen-bond acceptors (Lipinski definition) is 3. The minimum Gasteiger partial charge on any atom is -0.388 e. The van der Waals surface area contributed by atoms with Crippen LogP contribution in [0.1, 0.15) is 32.6 Å². The molecule has 2 atom stereocenters. The average molecular weight is 201 g/mol. The second kappa shape index (κ2) is 5.69. The van der Waals surface area contributed by atoms with Gasteiger partial charge in [-0.2, -0.15) is 0 Å². The summed E-state index contributed by atoms with van der Waals surface area (Å²) in [5.41, 5.74) is -0.456. The minimum absolute atomic E-state index is 0.456. The number of methoxy groups -OCH3 is 1. The highest BCUT2D eigenvalue weighted by Crippen LogP contribution is 2.37. The molecule has 0 aliphatic heterocycles. The highest BCUT2D eigenvalue weighted by Gasteiger charge is 2.39. The highest BCUT2D eigenvalue weighted by atomic mass is 16.5. The van der Waals surface area contributed by atoms with E-state index in [1.807, 2.05) is 0 Å². The third-order valence-corrected chi connectivity index (χ3v) is 3.33. The van der Waals surface area contributed by atoms with Crippen molar-refractivity contribution in [3.8, 4) is 0 Å². The Labute approximate surface area is 86.8 Å². The summed E-state index contributed by atoms with van der Waals surface area (Å²) in [5, 5.41) is 13.6.